The molecule has 0 radical (unpaired) electrons. The highest BCUT2D eigenvalue weighted by Crippen LogP contribution is 2.33. The molecular weight excluding hydrogens is 224 g/mol. The summed E-state index contributed by atoms with van der Waals surface area (Å²) in [5, 5.41) is 11.8. The lowest BCUT2D eigenvalue weighted by molar-refractivity contribution is -0.154. The molecular formula is C11H18N2O4. The van der Waals surface area contributed by atoms with Gasteiger partial charge in [-0.3, -0.25) is 0 Å². The van der Waals surface area contributed by atoms with Crippen LogP contribution in [0.25, 0.3) is 0 Å². The molecule has 2 fully saturated rings. The van der Waals surface area contributed by atoms with Crippen LogP contribution in [0.4, 0.5) is 4.79 Å². The van der Waals surface area contributed by atoms with E-state index < -0.39 is 12.1 Å². The first-order valence-corrected chi connectivity index (χ1v) is 6.01. The Kier molecular flexibility index (Phi) is 3.51. The van der Waals surface area contributed by atoms with E-state index in [-0.39, 0.29) is 25.2 Å². The van der Waals surface area contributed by atoms with E-state index >= 15 is 0 Å². The Hall–Kier alpha value is -1.30. The monoisotopic (exact) mass is 242 g/mol. The average Bonchev–Trinajstić information content (AvgIpc) is 3.07. The number of nitrogens with one attached hydrogen (secondary N) is 1. The normalized spacial score (nSPS) is 32.1. The van der Waals surface area contributed by atoms with Crippen LogP contribution in [0.3, 0.4) is 0 Å². The van der Waals surface area contributed by atoms with Gasteiger partial charge in [-0.25, -0.2) is 9.59 Å². The lowest BCUT2D eigenvalue weighted by atomic mass is 10.3. The van der Waals surface area contributed by atoms with Crippen molar-refractivity contribution < 1.29 is 19.4 Å². The summed E-state index contributed by atoms with van der Waals surface area (Å²) in [4.78, 5) is 24.1. The standard InChI is InChI=1S/C11H18N2O4/c1-2-7-5-8(7)12-11(16)13-3-4-17-9(6-13)10(14)15/h7-9H,2-6H2,1H3,(H,12,16)(H,14,15). The summed E-state index contributed by atoms with van der Waals surface area (Å²) < 4.78 is 5.06. The van der Waals surface area contributed by atoms with Gasteiger partial charge in [0.1, 0.15) is 0 Å². The highest BCUT2D eigenvalue weighted by Gasteiger charge is 2.38. The molecule has 2 aliphatic rings. The van der Waals surface area contributed by atoms with Crippen molar-refractivity contribution in [1.82, 2.24) is 10.2 Å². The summed E-state index contributed by atoms with van der Waals surface area (Å²) in [5.41, 5.74) is 0. The van der Waals surface area contributed by atoms with Crippen molar-refractivity contribution in [2.24, 2.45) is 5.92 Å². The molecule has 96 valence electrons. The van der Waals surface area contributed by atoms with Crippen molar-refractivity contribution in [3.8, 4) is 0 Å². The molecule has 3 unspecified atom stereocenters. The van der Waals surface area contributed by atoms with Gasteiger partial charge in [-0.15, -0.1) is 0 Å². The number of hydrogen-bond acceptors (Lipinski definition) is 3. The van der Waals surface area contributed by atoms with E-state index in [9.17, 15) is 9.59 Å². The van der Waals surface area contributed by atoms with Crippen LogP contribution in [0, 0.1) is 5.92 Å². The van der Waals surface area contributed by atoms with Gasteiger partial charge in [0, 0.05) is 12.6 Å². The number of nitrogens with zero attached hydrogens (tertiary/aromatic N) is 1. The second-order valence-electron chi connectivity index (χ2n) is 4.60. The van der Waals surface area contributed by atoms with Crippen LogP contribution in [0.5, 0.6) is 0 Å². The first kappa shape index (κ1) is 12.2. The SMILES string of the molecule is CCC1CC1NC(=O)N1CCOC(C(=O)O)C1. The predicted molar refractivity (Wildman–Crippen MR) is 59.7 cm³/mol. The van der Waals surface area contributed by atoms with Crippen molar-refractivity contribution >= 4 is 12.0 Å². The van der Waals surface area contributed by atoms with Gasteiger partial charge in [0.2, 0.25) is 0 Å². The van der Waals surface area contributed by atoms with E-state index in [1.807, 2.05) is 0 Å². The second kappa shape index (κ2) is 4.91. The third-order valence-corrected chi connectivity index (χ3v) is 3.38. The first-order chi connectivity index (χ1) is 8.11. The zero-order chi connectivity index (χ0) is 12.4. The molecule has 0 bridgehead atoms. The summed E-state index contributed by atoms with van der Waals surface area (Å²) in [6.07, 6.45) is 1.22. The smallest absolute Gasteiger partial charge is 0.334 e. The van der Waals surface area contributed by atoms with Gasteiger partial charge in [-0.2, -0.15) is 0 Å². The zero-order valence-corrected chi connectivity index (χ0v) is 9.89. The molecule has 0 aromatic heterocycles. The van der Waals surface area contributed by atoms with E-state index in [0.29, 0.717) is 12.5 Å². The molecule has 0 aromatic carbocycles. The molecule has 17 heavy (non-hydrogen) atoms. The van der Waals surface area contributed by atoms with Crippen molar-refractivity contribution in [2.45, 2.75) is 31.9 Å². The molecule has 1 saturated carbocycles. The number of carboxylic acid groups (broad SMARTS) is 1. The van der Waals surface area contributed by atoms with E-state index in [1.165, 1.54) is 4.90 Å². The molecule has 2 N–H and O–H groups in total. The minimum Gasteiger partial charge on any atom is -0.479 e. The Morgan fingerprint density at radius 3 is 2.88 bits per heavy atom. The predicted octanol–water partition coefficient (Wildman–Crippen LogP) is 0.280. The maximum absolute atomic E-state index is 11.8. The van der Waals surface area contributed by atoms with E-state index in [4.69, 9.17) is 9.84 Å². The molecule has 0 spiro atoms. The summed E-state index contributed by atoms with van der Waals surface area (Å²) in [6, 6.07) is 0.110. The summed E-state index contributed by atoms with van der Waals surface area (Å²) in [6.45, 7) is 2.97. The molecule has 6 nitrogen and oxygen atoms in total. The minimum absolute atomic E-state index is 0.130. The molecule has 3 atom stereocenters. The Balaban J connectivity index is 1.81. The third kappa shape index (κ3) is 2.88. The molecule has 6 heteroatoms. The number of amides is 2. The largest absolute Gasteiger partial charge is 0.479 e. The molecule has 1 heterocycles. The number of carbonyl (C=O) groups is 2. The lowest BCUT2D eigenvalue weighted by Gasteiger charge is -2.30. The van der Waals surface area contributed by atoms with Gasteiger partial charge in [0.25, 0.3) is 0 Å². The average molecular weight is 242 g/mol. The molecule has 1 aliphatic carbocycles. The van der Waals surface area contributed by atoms with Crippen molar-refractivity contribution in [2.75, 3.05) is 19.7 Å². The van der Waals surface area contributed by atoms with Crippen LogP contribution in [0.15, 0.2) is 0 Å². The Labute approximate surface area is 99.9 Å². The highest BCUT2D eigenvalue weighted by molar-refractivity contribution is 5.77. The molecule has 2 rings (SSSR count). The van der Waals surface area contributed by atoms with E-state index in [1.54, 1.807) is 0 Å². The fourth-order valence-corrected chi connectivity index (χ4v) is 2.11. The molecule has 1 saturated heterocycles. The number of ether oxygens (including phenoxy) is 1. The van der Waals surface area contributed by atoms with Crippen LogP contribution in [-0.4, -0.2) is 53.8 Å². The number of carbonyl (C=O) groups excluding carboxylic acids is 1. The maximum Gasteiger partial charge on any atom is 0.334 e. The van der Waals surface area contributed by atoms with Crippen LogP contribution in [0.1, 0.15) is 19.8 Å². The number of carboxylic acids is 1. The van der Waals surface area contributed by atoms with Crippen LogP contribution in [0.2, 0.25) is 0 Å². The fourth-order valence-electron chi connectivity index (χ4n) is 2.11. The maximum atomic E-state index is 11.8. The summed E-state index contributed by atoms with van der Waals surface area (Å²) in [5.74, 6) is -0.421. The van der Waals surface area contributed by atoms with Crippen LogP contribution >= 0.6 is 0 Å². The van der Waals surface area contributed by atoms with Gasteiger partial charge >= 0.3 is 12.0 Å². The van der Waals surface area contributed by atoms with Gasteiger partial charge in [0.05, 0.1) is 13.2 Å². The van der Waals surface area contributed by atoms with E-state index in [0.717, 1.165) is 12.8 Å². The van der Waals surface area contributed by atoms with Gasteiger partial charge in [0.15, 0.2) is 6.10 Å². The zero-order valence-electron chi connectivity index (χ0n) is 9.89. The quantitative estimate of drug-likeness (QED) is 0.745. The fraction of sp³-hybridized carbons (Fsp3) is 0.818. The highest BCUT2D eigenvalue weighted by atomic mass is 16.5. The minimum atomic E-state index is -1.01. The number of hydrogen-bond donors (Lipinski definition) is 2. The van der Waals surface area contributed by atoms with Crippen LogP contribution in [-0.2, 0) is 9.53 Å². The number of aliphatic carboxylic acids is 1. The lowest BCUT2D eigenvalue weighted by Crippen LogP contribution is -2.52. The molecule has 0 aromatic rings. The summed E-state index contributed by atoms with van der Waals surface area (Å²) in [7, 11) is 0. The topological polar surface area (TPSA) is 78.9 Å². The first-order valence-electron chi connectivity index (χ1n) is 6.01. The van der Waals surface area contributed by atoms with Gasteiger partial charge in [-0.1, -0.05) is 13.3 Å². The number of morpholine rings is 1. The van der Waals surface area contributed by atoms with Crippen molar-refractivity contribution in [1.29, 1.82) is 0 Å². The Morgan fingerprint density at radius 2 is 2.29 bits per heavy atom. The molecule has 1 aliphatic heterocycles. The molecule has 2 amide bonds. The number of urea groups is 1. The third-order valence-electron chi connectivity index (χ3n) is 3.38. The van der Waals surface area contributed by atoms with Crippen molar-refractivity contribution in [3.63, 3.8) is 0 Å². The summed E-state index contributed by atoms with van der Waals surface area (Å²) >= 11 is 0. The second-order valence-corrected chi connectivity index (χ2v) is 4.60. The van der Waals surface area contributed by atoms with Crippen molar-refractivity contribution in [3.05, 3.63) is 0 Å². The Bertz CT molecular complexity index is 321. The number of rotatable bonds is 3. The Morgan fingerprint density at radius 1 is 1.53 bits per heavy atom. The van der Waals surface area contributed by atoms with Crippen LogP contribution < -0.4 is 5.32 Å². The van der Waals surface area contributed by atoms with Gasteiger partial charge in [-0.05, 0) is 12.3 Å². The van der Waals surface area contributed by atoms with Gasteiger partial charge < -0.3 is 20.1 Å². The van der Waals surface area contributed by atoms with E-state index in [2.05, 4.69) is 12.2 Å².